The van der Waals surface area contributed by atoms with Gasteiger partial charge in [0.05, 0.1) is 0 Å². The van der Waals surface area contributed by atoms with Gasteiger partial charge in [0, 0.05) is 6.92 Å². The summed E-state index contributed by atoms with van der Waals surface area (Å²) in [5.74, 6) is 0.323. The monoisotopic (exact) mass is 193 g/mol. The van der Waals surface area contributed by atoms with Crippen LogP contribution in [0.5, 0.6) is 0 Å². The van der Waals surface area contributed by atoms with Gasteiger partial charge in [0.2, 0.25) is 0 Å². The third kappa shape index (κ3) is 3.58. The van der Waals surface area contributed by atoms with Crippen LogP contribution in [-0.4, -0.2) is 12.5 Å². The van der Waals surface area contributed by atoms with E-state index in [0.29, 0.717) is 12.3 Å². The predicted molar refractivity (Wildman–Crippen MR) is 55.4 cm³/mol. The number of esters is 1. The SMILES string of the molecule is CC(=O)OC1=CCC=C(CCN)C=C1. The Kier molecular flexibility index (Phi) is 4.13. The van der Waals surface area contributed by atoms with Crippen molar-refractivity contribution < 1.29 is 9.53 Å². The van der Waals surface area contributed by atoms with Crippen molar-refractivity contribution >= 4 is 5.97 Å². The molecule has 0 unspecified atom stereocenters. The Hall–Kier alpha value is -1.35. The highest BCUT2D eigenvalue weighted by Gasteiger charge is 2.01. The summed E-state index contributed by atoms with van der Waals surface area (Å²) in [5, 5.41) is 0. The van der Waals surface area contributed by atoms with Crippen LogP contribution in [0.15, 0.2) is 35.6 Å². The number of nitrogens with two attached hydrogens (primary N) is 1. The molecule has 1 aliphatic carbocycles. The van der Waals surface area contributed by atoms with Crippen LogP contribution in [0.25, 0.3) is 0 Å². The molecule has 0 amide bonds. The molecule has 0 aromatic heterocycles. The Morgan fingerprint density at radius 2 is 2.29 bits per heavy atom. The zero-order valence-electron chi connectivity index (χ0n) is 8.32. The number of carbonyl (C=O) groups excluding carboxylic acids is 1. The van der Waals surface area contributed by atoms with Crippen LogP contribution in [0.2, 0.25) is 0 Å². The molecule has 0 aliphatic heterocycles. The van der Waals surface area contributed by atoms with Gasteiger partial charge in [0.1, 0.15) is 5.76 Å². The van der Waals surface area contributed by atoms with Crippen LogP contribution in [0.3, 0.4) is 0 Å². The van der Waals surface area contributed by atoms with Gasteiger partial charge >= 0.3 is 5.97 Å². The zero-order chi connectivity index (χ0) is 10.4. The smallest absolute Gasteiger partial charge is 0.308 e. The lowest BCUT2D eigenvalue weighted by molar-refractivity contribution is -0.136. The standard InChI is InChI=1S/C11H15NO2/c1-9(13)14-11-4-2-3-10(5-6-11)7-8-12/h3-6H,2,7-8,12H2,1H3. The molecule has 0 heterocycles. The summed E-state index contributed by atoms with van der Waals surface area (Å²) < 4.78 is 4.97. The van der Waals surface area contributed by atoms with Gasteiger partial charge in [-0.3, -0.25) is 4.79 Å². The molecule has 0 aromatic rings. The molecule has 0 fully saturated rings. The second-order valence-electron chi connectivity index (χ2n) is 3.09. The van der Waals surface area contributed by atoms with Crippen LogP contribution in [0.4, 0.5) is 0 Å². The van der Waals surface area contributed by atoms with E-state index in [0.717, 1.165) is 12.8 Å². The van der Waals surface area contributed by atoms with Crippen molar-refractivity contribution in [2.75, 3.05) is 6.54 Å². The molecule has 3 heteroatoms. The number of carbonyl (C=O) groups is 1. The van der Waals surface area contributed by atoms with E-state index in [1.165, 1.54) is 12.5 Å². The topological polar surface area (TPSA) is 52.3 Å². The van der Waals surface area contributed by atoms with E-state index in [9.17, 15) is 4.79 Å². The summed E-state index contributed by atoms with van der Waals surface area (Å²) in [7, 11) is 0. The molecule has 0 atom stereocenters. The van der Waals surface area contributed by atoms with E-state index in [2.05, 4.69) is 6.08 Å². The summed E-state index contributed by atoms with van der Waals surface area (Å²) >= 11 is 0. The minimum Gasteiger partial charge on any atom is -0.427 e. The van der Waals surface area contributed by atoms with E-state index < -0.39 is 0 Å². The molecule has 1 aliphatic rings. The number of allylic oxidation sites excluding steroid dienone is 4. The van der Waals surface area contributed by atoms with Gasteiger partial charge in [-0.2, -0.15) is 0 Å². The molecule has 0 spiro atoms. The highest BCUT2D eigenvalue weighted by atomic mass is 16.5. The van der Waals surface area contributed by atoms with Crippen molar-refractivity contribution in [3.8, 4) is 0 Å². The first-order valence-corrected chi connectivity index (χ1v) is 4.68. The van der Waals surface area contributed by atoms with E-state index >= 15 is 0 Å². The minimum atomic E-state index is -0.289. The maximum absolute atomic E-state index is 10.7. The normalized spacial score (nSPS) is 15.6. The first-order valence-electron chi connectivity index (χ1n) is 4.68. The average Bonchev–Trinajstić information content (AvgIpc) is 2.31. The fourth-order valence-corrected chi connectivity index (χ4v) is 1.25. The molecule has 14 heavy (non-hydrogen) atoms. The summed E-state index contributed by atoms with van der Waals surface area (Å²) in [6.07, 6.45) is 9.34. The number of rotatable bonds is 3. The molecule has 0 saturated heterocycles. The van der Waals surface area contributed by atoms with E-state index in [1.54, 1.807) is 6.08 Å². The number of hydrogen-bond acceptors (Lipinski definition) is 3. The summed E-state index contributed by atoms with van der Waals surface area (Å²) in [6, 6.07) is 0. The second-order valence-corrected chi connectivity index (χ2v) is 3.09. The van der Waals surface area contributed by atoms with E-state index in [-0.39, 0.29) is 5.97 Å². The molecule has 3 nitrogen and oxygen atoms in total. The summed E-state index contributed by atoms with van der Waals surface area (Å²) in [5.41, 5.74) is 6.63. The van der Waals surface area contributed by atoms with Gasteiger partial charge in [-0.15, -0.1) is 0 Å². The lowest BCUT2D eigenvalue weighted by Gasteiger charge is -1.99. The molecule has 0 bridgehead atoms. The van der Waals surface area contributed by atoms with Crippen molar-refractivity contribution in [3.63, 3.8) is 0 Å². The van der Waals surface area contributed by atoms with Crippen molar-refractivity contribution in [1.29, 1.82) is 0 Å². The van der Waals surface area contributed by atoms with Gasteiger partial charge in [0.15, 0.2) is 0 Å². The molecule has 0 radical (unpaired) electrons. The van der Waals surface area contributed by atoms with Gasteiger partial charge < -0.3 is 10.5 Å². The van der Waals surface area contributed by atoms with Crippen LogP contribution in [-0.2, 0) is 9.53 Å². The van der Waals surface area contributed by atoms with E-state index in [1.807, 2.05) is 12.2 Å². The van der Waals surface area contributed by atoms with Crippen LogP contribution < -0.4 is 5.73 Å². The van der Waals surface area contributed by atoms with Crippen molar-refractivity contribution in [2.24, 2.45) is 5.73 Å². The molecular formula is C11H15NO2. The Labute approximate surface area is 83.9 Å². The van der Waals surface area contributed by atoms with Crippen LogP contribution in [0, 0.1) is 0 Å². The summed E-state index contributed by atoms with van der Waals surface area (Å²) in [4.78, 5) is 10.7. The molecule has 76 valence electrons. The lowest BCUT2D eigenvalue weighted by atomic mass is 10.1. The third-order valence-corrected chi connectivity index (χ3v) is 1.86. The quantitative estimate of drug-likeness (QED) is 0.693. The fourth-order valence-electron chi connectivity index (χ4n) is 1.25. The second kappa shape index (κ2) is 5.40. The number of ether oxygens (including phenoxy) is 1. The Balaban J connectivity index is 2.58. The maximum atomic E-state index is 10.7. The van der Waals surface area contributed by atoms with Gasteiger partial charge in [-0.05, 0) is 31.5 Å². The van der Waals surface area contributed by atoms with Crippen LogP contribution >= 0.6 is 0 Å². The highest BCUT2D eigenvalue weighted by molar-refractivity contribution is 5.67. The fraction of sp³-hybridized carbons (Fsp3) is 0.364. The van der Waals surface area contributed by atoms with Crippen LogP contribution in [0.1, 0.15) is 19.8 Å². The van der Waals surface area contributed by atoms with Crippen molar-refractivity contribution in [2.45, 2.75) is 19.8 Å². The van der Waals surface area contributed by atoms with E-state index in [4.69, 9.17) is 10.5 Å². The van der Waals surface area contributed by atoms with Gasteiger partial charge in [0.25, 0.3) is 0 Å². The Morgan fingerprint density at radius 3 is 2.93 bits per heavy atom. The molecule has 0 aromatic carbocycles. The molecule has 0 saturated carbocycles. The zero-order valence-corrected chi connectivity index (χ0v) is 8.32. The molecule has 1 rings (SSSR count). The molecule has 2 N–H and O–H groups in total. The first kappa shape index (κ1) is 10.7. The summed E-state index contributed by atoms with van der Waals surface area (Å²) in [6.45, 7) is 2.03. The van der Waals surface area contributed by atoms with Gasteiger partial charge in [-0.1, -0.05) is 17.7 Å². The highest BCUT2D eigenvalue weighted by Crippen LogP contribution is 2.13. The largest absolute Gasteiger partial charge is 0.427 e. The third-order valence-electron chi connectivity index (χ3n) is 1.86. The Morgan fingerprint density at radius 1 is 1.50 bits per heavy atom. The minimum absolute atomic E-state index is 0.289. The molecular weight excluding hydrogens is 178 g/mol. The predicted octanol–water partition coefficient (Wildman–Crippen LogP) is 1.67. The lowest BCUT2D eigenvalue weighted by Crippen LogP contribution is -1.99. The van der Waals surface area contributed by atoms with Crippen molar-refractivity contribution in [1.82, 2.24) is 0 Å². The average molecular weight is 193 g/mol. The number of hydrogen-bond donors (Lipinski definition) is 1. The van der Waals surface area contributed by atoms with Crippen molar-refractivity contribution in [3.05, 3.63) is 35.6 Å². The first-order chi connectivity index (χ1) is 6.72. The van der Waals surface area contributed by atoms with Gasteiger partial charge in [-0.25, -0.2) is 0 Å². The Bertz CT molecular complexity index is 300. The maximum Gasteiger partial charge on any atom is 0.308 e.